The van der Waals surface area contributed by atoms with Gasteiger partial charge in [0.1, 0.15) is 16.7 Å². The molecule has 1 aromatic heterocycles. The van der Waals surface area contributed by atoms with Gasteiger partial charge in [0.25, 0.3) is 0 Å². The van der Waals surface area contributed by atoms with Gasteiger partial charge in [-0.15, -0.1) is 11.3 Å². The van der Waals surface area contributed by atoms with Crippen molar-refractivity contribution >= 4 is 17.3 Å². The lowest BCUT2D eigenvalue weighted by molar-refractivity contribution is 0.0702. The molecule has 4 heteroatoms. The minimum Gasteiger partial charge on any atom is -0.485 e. The highest BCUT2D eigenvalue weighted by Gasteiger charge is 2.26. The molecular formula is C25H28O3S. The summed E-state index contributed by atoms with van der Waals surface area (Å²) in [7, 11) is 0. The van der Waals surface area contributed by atoms with Gasteiger partial charge in [0, 0.05) is 10.4 Å². The fourth-order valence-electron chi connectivity index (χ4n) is 3.96. The zero-order valence-corrected chi connectivity index (χ0v) is 18.7. The third-order valence-corrected chi connectivity index (χ3v) is 6.33. The molecule has 0 aliphatic heterocycles. The second-order valence-electron chi connectivity index (χ2n) is 8.45. The number of benzene rings is 2. The number of rotatable bonds is 5. The van der Waals surface area contributed by atoms with Crippen LogP contribution in [0.4, 0.5) is 0 Å². The lowest BCUT2D eigenvalue weighted by Gasteiger charge is -2.29. The van der Waals surface area contributed by atoms with Gasteiger partial charge >= 0.3 is 5.97 Å². The molecule has 0 bridgehead atoms. The van der Waals surface area contributed by atoms with Crippen LogP contribution in [0.25, 0.3) is 11.1 Å². The molecule has 0 aliphatic carbocycles. The summed E-state index contributed by atoms with van der Waals surface area (Å²) < 4.78 is 6.42. The van der Waals surface area contributed by atoms with Gasteiger partial charge in [-0.25, -0.2) is 4.79 Å². The van der Waals surface area contributed by atoms with Gasteiger partial charge < -0.3 is 9.84 Å². The molecule has 1 atom stereocenters. The highest BCUT2D eigenvalue weighted by Crippen LogP contribution is 2.42. The van der Waals surface area contributed by atoms with Crippen molar-refractivity contribution in [1.29, 1.82) is 0 Å². The number of aromatic carboxylic acids is 1. The lowest BCUT2D eigenvalue weighted by atomic mass is 9.79. The molecule has 3 rings (SSSR count). The molecule has 29 heavy (non-hydrogen) atoms. The van der Waals surface area contributed by atoms with Crippen LogP contribution in [-0.2, 0) is 5.41 Å². The van der Waals surface area contributed by atoms with Gasteiger partial charge in [-0.05, 0) is 66.6 Å². The van der Waals surface area contributed by atoms with Crippen LogP contribution in [0, 0.1) is 13.8 Å². The summed E-state index contributed by atoms with van der Waals surface area (Å²) >= 11 is 1.27. The number of hydrogen-bond donors (Lipinski definition) is 1. The average Bonchev–Trinajstić information content (AvgIpc) is 3.11. The molecule has 3 nitrogen and oxygen atoms in total. The molecule has 2 aromatic carbocycles. The van der Waals surface area contributed by atoms with E-state index in [1.807, 2.05) is 19.1 Å². The topological polar surface area (TPSA) is 46.5 Å². The van der Waals surface area contributed by atoms with E-state index in [0.717, 1.165) is 10.6 Å². The summed E-state index contributed by atoms with van der Waals surface area (Å²) in [6.07, 6.45) is -0.226. The zero-order chi connectivity index (χ0) is 21.3. The van der Waals surface area contributed by atoms with E-state index >= 15 is 0 Å². The van der Waals surface area contributed by atoms with Gasteiger partial charge in [-0.3, -0.25) is 0 Å². The van der Waals surface area contributed by atoms with Crippen molar-refractivity contribution in [2.24, 2.45) is 0 Å². The van der Waals surface area contributed by atoms with Crippen LogP contribution in [-0.4, -0.2) is 11.1 Å². The molecule has 0 aliphatic rings. The van der Waals surface area contributed by atoms with E-state index in [1.54, 1.807) is 6.07 Å². The third kappa shape index (κ3) is 4.38. The van der Waals surface area contributed by atoms with E-state index in [4.69, 9.17) is 4.74 Å². The Morgan fingerprint density at radius 2 is 1.72 bits per heavy atom. The van der Waals surface area contributed by atoms with Gasteiger partial charge in [-0.2, -0.15) is 0 Å². The maximum Gasteiger partial charge on any atom is 0.345 e. The van der Waals surface area contributed by atoms with E-state index < -0.39 is 5.97 Å². The predicted molar refractivity (Wildman–Crippen MR) is 120 cm³/mol. The van der Waals surface area contributed by atoms with Crippen LogP contribution in [0.3, 0.4) is 0 Å². The Morgan fingerprint density at radius 3 is 2.28 bits per heavy atom. The quantitative estimate of drug-likeness (QED) is 0.487. The molecule has 1 N–H and O–H groups in total. The summed E-state index contributed by atoms with van der Waals surface area (Å²) in [5.41, 5.74) is 5.93. The molecule has 0 radical (unpaired) electrons. The van der Waals surface area contributed by atoms with Crippen LogP contribution >= 0.6 is 11.3 Å². The summed E-state index contributed by atoms with van der Waals surface area (Å²) in [5, 5.41) is 9.20. The van der Waals surface area contributed by atoms with Crippen molar-refractivity contribution < 1.29 is 14.6 Å². The summed E-state index contributed by atoms with van der Waals surface area (Å²) in [5.74, 6) is -0.0345. The fraction of sp³-hybridized carbons (Fsp3) is 0.320. The highest BCUT2D eigenvalue weighted by molar-refractivity contribution is 7.14. The number of carboxylic acid groups (broad SMARTS) is 1. The van der Waals surface area contributed by atoms with Crippen molar-refractivity contribution in [1.82, 2.24) is 0 Å². The maximum atomic E-state index is 11.2. The Bertz CT molecular complexity index is 1030. The van der Waals surface area contributed by atoms with Crippen LogP contribution in [0.1, 0.15) is 65.0 Å². The summed E-state index contributed by atoms with van der Waals surface area (Å²) in [6.45, 7) is 12.9. The molecule has 0 spiro atoms. The minimum absolute atomic E-state index is 0.0992. The van der Waals surface area contributed by atoms with Crippen LogP contribution < -0.4 is 4.74 Å². The Morgan fingerprint density at radius 1 is 1.07 bits per heavy atom. The predicted octanol–water partition coefficient (Wildman–Crippen LogP) is 7.17. The number of thiophene rings is 1. The number of ether oxygens (including phenoxy) is 1. The molecule has 0 saturated heterocycles. The first-order valence-corrected chi connectivity index (χ1v) is 10.6. The smallest absolute Gasteiger partial charge is 0.345 e. The Kier molecular flexibility index (Phi) is 5.85. The van der Waals surface area contributed by atoms with E-state index in [0.29, 0.717) is 4.88 Å². The van der Waals surface area contributed by atoms with E-state index in [1.165, 1.54) is 39.2 Å². The molecule has 152 valence electrons. The van der Waals surface area contributed by atoms with E-state index in [2.05, 4.69) is 65.0 Å². The average molecular weight is 409 g/mol. The van der Waals surface area contributed by atoms with Crippen molar-refractivity contribution in [3.8, 4) is 16.9 Å². The standard InChI is InChI=1S/C25H28O3S/c1-15-14-19(28-17(3)20-12-13-21(29-20)24(26)27)23(25(4,5)6)16(2)22(15)18-10-8-7-9-11-18/h7-14,17H,1-6H3,(H,26,27). The number of aryl methyl sites for hydroxylation is 1. The first-order chi connectivity index (χ1) is 13.6. The Labute approximate surface area is 177 Å². The van der Waals surface area contributed by atoms with Crippen LogP contribution in [0.5, 0.6) is 5.75 Å². The lowest BCUT2D eigenvalue weighted by Crippen LogP contribution is -2.17. The summed E-state index contributed by atoms with van der Waals surface area (Å²) in [4.78, 5) is 12.5. The summed E-state index contributed by atoms with van der Waals surface area (Å²) in [6, 6.07) is 16.1. The minimum atomic E-state index is -0.900. The van der Waals surface area contributed by atoms with E-state index in [9.17, 15) is 9.90 Å². The first-order valence-electron chi connectivity index (χ1n) is 9.79. The zero-order valence-electron chi connectivity index (χ0n) is 17.9. The number of hydrogen-bond acceptors (Lipinski definition) is 3. The van der Waals surface area contributed by atoms with E-state index in [-0.39, 0.29) is 11.5 Å². The molecular weight excluding hydrogens is 380 g/mol. The molecule has 0 saturated carbocycles. The van der Waals surface area contributed by atoms with Gasteiger partial charge in [-0.1, -0.05) is 51.1 Å². The highest BCUT2D eigenvalue weighted by atomic mass is 32.1. The molecule has 1 unspecified atom stereocenters. The maximum absolute atomic E-state index is 11.2. The largest absolute Gasteiger partial charge is 0.485 e. The molecule has 0 amide bonds. The van der Waals surface area contributed by atoms with Gasteiger partial charge in [0.15, 0.2) is 0 Å². The molecule has 1 heterocycles. The fourth-order valence-corrected chi connectivity index (χ4v) is 4.78. The normalized spacial score (nSPS) is 12.6. The Hall–Kier alpha value is -2.59. The van der Waals surface area contributed by atoms with Crippen molar-refractivity contribution in [2.45, 2.75) is 53.1 Å². The molecule has 3 aromatic rings. The second-order valence-corrected chi connectivity index (χ2v) is 9.57. The van der Waals surface area contributed by atoms with Gasteiger partial charge in [0.2, 0.25) is 0 Å². The number of carbonyl (C=O) groups is 1. The SMILES string of the molecule is Cc1cc(OC(C)c2ccc(C(=O)O)s2)c(C(C)(C)C)c(C)c1-c1ccccc1. The first kappa shape index (κ1) is 21.1. The molecule has 0 fully saturated rings. The van der Waals surface area contributed by atoms with Gasteiger partial charge in [0.05, 0.1) is 0 Å². The van der Waals surface area contributed by atoms with Crippen molar-refractivity contribution in [3.63, 3.8) is 0 Å². The second kappa shape index (κ2) is 8.03. The van der Waals surface area contributed by atoms with Crippen molar-refractivity contribution in [2.75, 3.05) is 0 Å². The monoisotopic (exact) mass is 408 g/mol. The number of carboxylic acids is 1. The van der Waals surface area contributed by atoms with Crippen molar-refractivity contribution in [3.05, 3.63) is 75.0 Å². The van der Waals surface area contributed by atoms with Crippen LogP contribution in [0.15, 0.2) is 48.5 Å². The Balaban J connectivity index is 2.07. The third-order valence-electron chi connectivity index (χ3n) is 5.09. The van der Waals surface area contributed by atoms with Crippen LogP contribution in [0.2, 0.25) is 0 Å².